The molecule has 28 heavy (non-hydrogen) atoms. The molecule has 2 rings (SSSR count). The van der Waals surface area contributed by atoms with Gasteiger partial charge in [0.1, 0.15) is 0 Å². The number of rotatable bonds is 9. The fourth-order valence-corrected chi connectivity index (χ4v) is 5.69. The first-order valence-electron chi connectivity index (χ1n) is 8.92. The smallest absolute Gasteiger partial charge is 0.324 e. The first-order chi connectivity index (χ1) is 13.1. The van der Waals surface area contributed by atoms with E-state index in [0.29, 0.717) is 0 Å². The lowest BCUT2D eigenvalue weighted by atomic mass is 10.2. The Morgan fingerprint density at radius 1 is 0.857 bits per heavy atom. The quantitative estimate of drug-likeness (QED) is 0.574. The standard InChI is InChI=1S/C20H24O6S2/c1-16(2)26-20(21)19(28(24,25)18-12-7-4-8-13-18)14-9-15-27(22,23)17-10-5-3-6-11-17/h3-8,10-13,16,19H,9,14-15H2,1-2H3. The Hall–Kier alpha value is -2.19. The van der Waals surface area contributed by atoms with E-state index in [2.05, 4.69) is 0 Å². The molecule has 0 spiro atoms. The molecule has 0 heterocycles. The minimum atomic E-state index is -4.00. The third kappa shape index (κ3) is 5.65. The van der Waals surface area contributed by atoms with Crippen molar-refractivity contribution in [2.45, 2.75) is 47.8 Å². The zero-order chi connectivity index (χ0) is 20.8. The van der Waals surface area contributed by atoms with Gasteiger partial charge in [-0.3, -0.25) is 4.79 Å². The number of benzene rings is 2. The summed E-state index contributed by atoms with van der Waals surface area (Å²) in [6.07, 6.45) is -0.607. The molecule has 1 unspecified atom stereocenters. The van der Waals surface area contributed by atoms with Gasteiger partial charge >= 0.3 is 5.97 Å². The number of carbonyl (C=O) groups excluding carboxylic acids is 1. The lowest BCUT2D eigenvalue weighted by Crippen LogP contribution is -2.34. The van der Waals surface area contributed by atoms with Gasteiger partial charge in [0, 0.05) is 0 Å². The lowest BCUT2D eigenvalue weighted by Gasteiger charge is -2.18. The second-order valence-electron chi connectivity index (χ2n) is 6.61. The number of esters is 1. The van der Waals surface area contributed by atoms with Gasteiger partial charge in [-0.25, -0.2) is 16.8 Å². The molecule has 8 heteroatoms. The normalized spacial score (nSPS) is 13.2. The van der Waals surface area contributed by atoms with Gasteiger partial charge in [-0.2, -0.15) is 0 Å². The van der Waals surface area contributed by atoms with Gasteiger partial charge in [0.2, 0.25) is 0 Å². The van der Waals surface area contributed by atoms with Crippen molar-refractivity contribution < 1.29 is 26.4 Å². The molecule has 2 aromatic carbocycles. The molecule has 0 N–H and O–H groups in total. The van der Waals surface area contributed by atoms with Crippen LogP contribution in [0.15, 0.2) is 70.5 Å². The summed E-state index contributed by atoms with van der Waals surface area (Å²) in [6.45, 7) is 3.26. The number of hydrogen-bond acceptors (Lipinski definition) is 6. The van der Waals surface area contributed by atoms with E-state index in [9.17, 15) is 21.6 Å². The highest BCUT2D eigenvalue weighted by Gasteiger charge is 2.35. The molecule has 0 aliphatic rings. The van der Waals surface area contributed by atoms with Crippen LogP contribution >= 0.6 is 0 Å². The zero-order valence-electron chi connectivity index (χ0n) is 15.8. The predicted octanol–water partition coefficient (Wildman–Crippen LogP) is 3.03. The zero-order valence-corrected chi connectivity index (χ0v) is 17.4. The molecule has 1 atom stereocenters. The van der Waals surface area contributed by atoms with Gasteiger partial charge in [-0.1, -0.05) is 36.4 Å². The van der Waals surface area contributed by atoms with Gasteiger partial charge in [0.25, 0.3) is 0 Å². The summed E-state index contributed by atoms with van der Waals surface area (Å²) in [4.78, 5) is 12.6. The molecule has 0 bridgehead atoms. The molecule has 0 aliphatic carbocycles. The van der Waals surface area contributed by atoms with Crippen LogP contribution in [-0.2, 0) is 29.2 Å². The summed E-state index contributed by atoms with van der Waals surface area (Å²) < 4.78 is 55.8. The summed E-state index contributed by atoms with van der Waals surface area (Å²) in [6, 6.07) is 15.6. The van der Waals surface area contributed by atoms with Crippen molar-refractivity contribution in [1.29, 1.82) is 0 Å². The van der Waals surface area contributed by atoms with Crippen LogP contribution in [0.1, 0.15) is 26.7 Å². The molecule has 0 saturated heterocycles. The molecule has 152 valence electrons. The molecule has 0 radical (unpaired) electrons. The molecular formula is C20H24O6S2. The van der Waals surface area contributed by atoms with Crippen molar-refractivity contribution >= 4 is 25.6 Å². The van der Waals surface area contributed by atoms with Gasteiger partial charge < -0.3 is 4.74 Å². The Morgan fingerprint density at radius 3 is 1.86 bits per heavy atom. The van der Waals surface area contributed by atoms with E-state index in [1.807, 2.05) is 0 Å². The van der Waals surface area contributed by atoms with Gasteiger partial charge in [0.05, 0.1) is 21.6 Å². The van der Waals surface area contributed by atoms with Crippen LogP contribution in [0.2, 0.25) is 0 Å². The van der Waals surface area contributed by atoms with Crippen LogP contribution in [0.4, 0.5) is 0 Å². The van der Waals surface area contributed by atoms with Crippen molar-refractivity contribution in [3.8, 4) is 0 Å². The molecule has 0 amide bonds. The average molecular weight is 425 g/mol. The SMILES string of the molecule is CC(C)OC(=O)C(CCCS(=O)(=O)c1ccccc1)S(=O)(=O)c1ccccc1. The molecule has 0 saturated carbocycles. The monoisotopic (exact) mass is 424 g/mol. The van der Waals surface area contributed by atoms with Crippen molar-refractivity contribution in [2.75, 3.05) is 5.75 Å². The highest BCUT2D eigenvalue weighted by Crippen LogP contribution is 2.22. The minimum absolute atomic E-state index is 0.00613. The van der Waals surface area contributed by atoms with E-state index in [1.165, 1.54) is 24.3 Å². The van der Waals surface area contributed by atoms with E-state index >= 15 is 0 Å². The Labute approximate surface area is 166 Å². The Kier molecular flexibility index (Phi) is 7.37. The summed E-state index contributed by atoms with van der Waals surface area (Å²) in [5.41, 5.74) is 0. The largest absolute Gasteiger partial charge is 0.462 e. The van der Waals surface area contributed by atoms with E-state index in [0.717, 1.165) is 0 Å². The average Bonchev–Trinajstić information content (AvgIpc) is 2.66. The number of carbonyl (C=O) groups is 1. The van der Waals surface area contributed by atoms with E-state index in [-0.39, 0.29) is 28.4 Å². The first kappa shape index (κ1) is 22.1. The first-order valence-corrected chi connectivity index (χ1v) is 12.1. The van der Waals surface area contributed by atoms with Crippen molar-refractivity contribution in [3.63, 3.8) is 0 Å². The number of sulfone groups is 2. The maximum absolute atomic E-state index is 12.9. The summed E-state index contributed by atoms with van der Waals surface area (Å²) >= 11 is 0. The number of ether oxygens (including phenoxy) is 1. The molecule has 2 aromatic rings. The Bertz CT molecular complexity index is 982. The molecule has 6 nitrogen and oxygen atoms in total. The van der Waals surface area contributed by atoms with Crippen molar-refractivity contribution in [3.05, 3.63) is 60.7 Å². The topological polar surface area (TPSA) is 94.6 Å². The van der Waals surface area contributed by atoms with Crippen LogP contribution < -0.4 is 0 Å². The van der Waals surface area contributed by atoms with Crippen LogP contribution in [0.5, 0.6) is 0 Å². The second kappa shape index (κ2) is 9.34. The molecule has 0 aliphatic heterocycles. The molecule has 0 aromatic heterocycles. The predicted molar refractivity (Wildman–Crippen MR) is 106 cm³/mol. The number of hydrogen-bond donors (Lipinski definition) is 0. The molecular weight excluding hydrogens is 400 g/mol. The Morgan fingerprint density at radius 2 is 1.36 bits per heavy atom. The fourth-order valence-electron chi connectivity index (χ4n) is 2.69. The minimum Gasteiger partial charge on any atom is -0.462 e. The highest BCUT2D eigenvalue weighted by atomic mass is 32.2. The van der Waals surface area contributed by atoms with Crippen LogP contribution in [0.25, 0.3) is 0 Å². The fraction of sp³-hybridized carbons (Fsp3) is 0.350. The van der Waals surface area contributed by atoms with Crippen LogP contribution in [-0.4, -0.2) is 39.9 Å². The van der Waals surface area contributed by atoms with Crippen LogP contribution in [0, 0.1) is 0 Å². The third-order valence-electron chi connectivity index (χ3n) is 4.04. The van der Waals surface area contributed by atoms with E-state index < -0.39 is 37.0 Å². The summed E-state index contributed by atoms with van der Waals surface area (Å²) in [7, 11) is -7.56. The summed E-state index contributed by atoms with van der Waals surface area (Å²) in [5.74, 6) is -1.12. The van der Waals surface area contributed by atoms with E-state index in [1.54, 1.807) is 50.2 Å². The van der Waals surface area contributed by atoms with Gasteiger partial charge in [0.15, 0.2) is 24.9 Å². The third-order valence-corrected chi connectivity index (χ3v) is 7.97. The second-order valence-corrected chi connectivity index (χ2v) is 10.8. The lowest BCUT2D eigenvalue weighted by molar-refractivity contribution is -0.147. The van der Waals surface area contributed by atoms with Gasteiger partial charge in [-0.15, -0.1) is 0 Å². The van der Waals surface area contributed by atoms with Crippen molar-refractivity contribution in [1.82, 2.24) is 0 Å². The van der Waals surface area contributed by atoms with Crippen LogP contribution in [0.3, 0.4) is 0 Å². The van der Waals surface area contributed by atoms with E-state index in [4.69, 9.17) is 4.74 Å². The highest BCUT2D eigenvalue weighted by molar-refractivity contribution is 7.93. The molecule has 0 fully saturated rings. The maximum Gasteiger partial charge on any atom is 0.324 e. The van der Waals surface area contributed by atoms with Gasteiger partial charge in [-0.05, 0) is 51.0 Å². The maximum atomic E-state index is 12.9. The Balaban J connectivity index is 2.20. The summed E-state index contributed by atoms with van der Waals surface area (Å²) in [5, 5.41) is -1.46. The van der Waals surface area contributed by atoms with Crippen molar-refractivity contribution in [2.24, 2.45) is 0 Å².